The summed E-state index contributed by atoms with van der Waals surface area (Å²) in [6, 6.07) is 7.56. The average molecular weight is 375 g/mol. The fourth-order valence-corrected chi connectivity index (χ4v) is 3.59. The first-order valence-electron chi connectivity index (χ1n) is 8.02. The normalized spacial score (nSPS) is 10.9. The number of aryl methyl sites for hydroxylation is 2. The highest BCUT2D eigenvalue weighted by atomic mass is 35.5. The Morgan fingerprint density at radius 1 is 1.28 bits per heavy atom. The molecule has 0 saturated heterocycles. The molecule has 0 fully saturated rings. The van der Waals surface area contributed by atoms with Gasteiger partial charge in [0.25, 0.3) is 5.91 Å². The van der Waals surface area contributed by atoms with E-state index in [4.69, 9.17) is 11.6 Å². The van der Waals surface area contributed by atoms with Crippen molar-refractivity contribution in [3.05, 3.63) is 56.6 Å². The first-order chi connectivity index (χ1) is 12.0. The van der Waals surface area contributed by atoms with Gasteiger partial charge in [0.05, 0.1) is 23.5 Å². The molecule has 1 N–H and O–H groups in total. The first-order valence-corrected chi connectivity index (χ1v) is 9.28. The van der Waals surface area contributed by atoms with E-state index in [2.05, 4.69) is 15.4 Å². The zero-order valence-electron chi connectivity index (χ0n) is 14.3. The summed E-state index contributed by atoms with van der Waals surface area (Å²) in [6.07, 6.45) is 0. The molecule has 0 unspecified atom stereocenters. The monoisotopic (exact) mass is 374 g/mol. The molecule has 3 aromatic rings. The van der Waals surface area contributed by atoms with E-state index in [-0.39, 0.29) is 5.91 Å². The van der Waals surface area contributed by atoms with E-state index in [0.29, 0.717) is 17.1 Å². The van der Waals surface area contributed by atoms with Crippen LogP contribution in [0.25, 0.3) is 11.3 Å². The zero-order valence-corrected chi connectivity index (χ0v) is 15.9. The van der Waals surface area contributed by atoms with Gasteiger partial charge >= 0.3 is 0 Å². The van der Waals surface area contributed by atoms with E-state index < -0.39 is 0 Å². The number of aromatic nitrogens is 3. The van der Waals surface area contributed by atoms with Crippen molar-refractivity contribution in [2.45, 2.75) is 33.9 Å². The molecule has 0 bridgehead atoms. The summed E-state index contributed by atoms with van der Waals surface area (Å²) in [5.74, 6) is -0.113. The Kier molecular flexibility index (Phi) is 5.20. The molecule has 0 saturated carbocycles. The number of nitrogens with zero attached hydrogens (tertiary/aromatic N) is 3. The second kappa shape index (κ2) is 7.37. The van der Waals surface area contributed by atoms with Crippen LogP contribution in [0, 0.1) is 13.8 Å². The lowest BCUT2D eigenvalue weighted by Crippen LogP contribution is -2.24. The van der Waals surface area contributed by atoms with Crippen LogP contribution in [0.2, 0.25) is 5.02 Å². The van der Waals surface area contributed by atoms with Gasteiger partial charge in [-0.1, -0.05) is 23.7 Å². The molecule has 0 radical (unpaired) electrons. The molecular weight excluding hydrogens is 356 g/mol. The summed E-state index contributed by atoms with van der Waals surface area (Å²) < 4.78 is 1.84. The average Bonchev–Trinajstić information content (AvgIpc) is 3.18. The Balaban J connectivity index is 1.69. The molecule has 3 rings (SSSR count). The quantitative estimate of drug-likeness (QED) is 0.727. The van der Waals surface area contributed by atoms with E-state index in [1.54, 1.807) is 0 Å². The van der Waals surface area contributed by atoms with E-state index >= 15 is 0 Å². The second-order valence-electron chi connectivity index (χ2n) is 5.68. The molecule has 1 amide bonds. The summed E-state index contributed by atoms with van der Waals surface area (Å²) in [7, 11) is 0. The van der Waals surface area contributed by atoms with Crippen molar-refractivity contribution in [1.29, 1.82) is 0 Å². The third-order valence-corrected chi connectivity index (χ3v) is 5.10. The number of amides is 1. The minimum Gasteiger partial charge on any atom is -0.345 e. The predicted octanol–water partition coefficient (Wildman–Crippen LogP) is 4.23. The van der Waals surface area contributed by atoms with Crippen molar-refractivity contribution in [2.24, 2.45) is 0 Å². The standard InChI is InChI=1S/C18H19ClN4OS/c1-4-23-12(3)17(11(2)22-23)18(24)20-9-16-21-15(10-25-16)13-5-7-14(19)8-6-13/h5-8,10H,4,9H2,1-3H3,(H,20,24). The van der Waals surface area contributed by atoms with Gasteiger partial charge in [-0.05, 0) is 32.9 Å². The number of carbonyl (C=O) groups excluding carboxylic acids is 1. The molecule has 0 aliphatic carbocycles. The topological polar surface area (TPSA) is 59.8 Å². The Bertz CT molecular complexity index is 898. The van der Waals surface area contributed by atoms with Gasteiger partial charge in [-0.2, -0.15) is 5.10 Å². The lowest BCUT2D eigenvalue weighted by atomic mass is 10.2. The molecule has 2 aromatic heterocycles. The fourth-order valence-electron chi connectivity index (χ4n) is 2.72. The van der Waals surface area contributed by atoms with Gasteiger partial charge in [0.1, 0.15) is 5.01 Å². The molecule has 0 spiro atoms. The van der Waals surface area contributed by atoms with E-state index in [9.17, 15) is 4.79 Å². The fraction of sp³-hybridized carbons (Fsp3) is 0.278. The van der Waals surface area contributed by atoms with Gasteiger partial charge in [-0.25, -0.2) is 4.98 Å². The highest BCUT2D eigenvalue weighted by Gasteiger charge is 2.18. The van der Waals surface area contributed by atoms with Crippen molar-refractivity contribution in [3.63, 3.8) is 0 Å². The van der Waals surface area contributed by atoms with Crippen LogP contribution < -0.4 is 5.32 Å². The van der Waals surface area contributed by atoms with E-state index in [1.807, 2.05) is 55.1 Å². The molecule has 0 atom stereocenters. The number of halogens is 1. The maximum atomic E-state index is 12.5. The van der Waals surface area contributed by atoms with Gasteiger partial charge in [-0.15, -0.1) is 11.3 Å². The number of rotatable bonds is 5. The third-order valence-electron chi connectivity index (χ3n) is 4.00. The number of benzene rings is 1. The lowest BCUT2D eigenvalue weighted by Gasteiger charge is -2.04. The van der Waals surface area contributed by atoms with Crippen molar-refractivity contribution >= 4 is 28.8 Å². The molecule has 25 heavy (non-hydrogen) atoms. The van der Waals surface area contributed by atoms with Crippen molar-refractivity contribution < 1.29 is 4.79 Å². The number of hydrogen-bond acceptors (Lipinski definition) is 4. The predicted molar refractivity (Wildman–Crippen MR) is 101 cm³/mol. The van der Waals surface area contributed by atoms with Crippen LogP contribution in [-0.2, 0) is 13.1 Å². The summed E-state index contributed by atoms with van der Waals surface area (Å²) in [6.45, 7) is 6.93. The minimum atomic E-state index is -0.113. The lowest BCUT2D eigenvalue weighted by molar-refractivity contribution is 0.0949. The minimum absolute atomic E-state index is 0.113. The highest BCUT2D eigenvalue weighted by Crippen LogP contribution is 2.23. The maximum Gasteiger partial charge on any atom is 0.255 e. The van der Waals surface area contributed by atoms with Crippen LogP contribution in [0.15, 0.2) is 29.6 Å². The largest absolute Gasteiger partial charge is 0.345 e. The van der Waals surface area contributed by atoms with Gasteiger partial charge < -0.3 is 5.32 Å². The van der Waals surface area contributed by atoms with Crippen molar-refractivity contribution in [1.82, 2.24) is 20.1 Å². The van der Waals surface area contributed by atoms with Crippen LogP contribution in [0.5, 0.6) is 0 Å². The first kappa shape index (κ1) is 17.6. The molecule has 2 heterocycles. The molecule has 0 aliphatic heterocycles. The van der Waals surface area contributed by atoms with Gasteiger partial charge in [0.15, 0.2) is 0 Å². The summed E-state index contributed by atoms with van der Waals surface area (Å²) in [4.78, 5) is 17.1. The summed E-state index contributed by atoms with van der Waals surface area (Å²) in [5, 5.41) is 10.9. The highest BCUT2D eigenvalue weighted by molar-refractivity contribution is 7.09. The molecule has 7 heteroatoms. The van der Waals surface area contributed by atoms with Gasteiger partial charge in [0.2, 0.25) is 0 Å². The Morgan fingerprint density at radius 2 is 2.00 bits per heavy atom. The number of carbonyl (C=O) groups is 1. The molecule has 130 valence electrons. The van der Waals surface area contributed by atoms with Crippen LogP contribution >= 0.6 is 22.9 Å². The van der Waals surface area contributed by atoms with Gasteiger partial charge in [-0.3, -0.25) is 9.48 Å². The van der Waals surface area contributed by atoms with Crippen molar-refractivity contribution in [3.8, 4) is 11.3 Å². The van der Waals surface area contributed by atoms with Crippen LogP contribution in [0.1, 0.15) is 33.7 Å². The van der Waals surface area contributed by atoms with Crippen LogP contribution in [0.4, 0.5) is 0 Å². The number of nitrogens with one attached hydrogen (secondary N) is 1. The maximum absolute atomic E-state index is 12.5. The molecule has 0 aliphatic rings. The van der Waals surface area contributed by atoms with Crippen LogP contribution in [-0.4, -0.2) is 20.7 Å². The smallest absolute Gasteiger partial charge is 0.255 e. The third kappa shape index (κ3) is 3.75. The second-order valence-corrected chi connectivity index (χ2v) is 7.06. The van der Waals surface area contributed by atoms with E-state index in [1.165, 1.54) is 11.3 Å². The Labute approximate surface area is 155 Å². The van der Waals surface area contributed by atoms with E-state index in [0.717, 1.165) is 34.2 Å². The number of hydrogen-bond donors (Lipinski definition) is 1. The molecular formula is C18H19ClN4OS. The summed E-state index contributed by atoms with van der Waals surface area (Å²) >= 11 is 7.44. The Morgan fingerprint density at radius 3 is 2.64 bits per heavy atom. The molecule has 1 aromatic carbocycles. The Hall–Kier alpha value is -2.18. The van der Waals surface area contributed by atoms with Gasteiger partial charge in [0, 0.05) is 28.2 Å². The molecule has 5 nitrogen and oxygen atoms in total. The van der Waals surface area contributed by atoms with Crippen LogP contribution in [0.3, 0.4) is 0 Å². The SMILES string of the molecule is CCn1nc(C)c(C(=O)NCc2nc(-c3ccc(Cl)cc3)cs2)c1C. The summed E-state index contributed by atoms with van der Waals surface area (Å²) in [5.41, 5.74) is 4.18. The van der Waals surface area contributed by atoms with Crippen molar-refractivity contribution in [2.75, 3.05) is 0 Å². The number of thiazole rings is 1. The zero-order chi connectivity index (χ0) is 18.0.